The van der Waals surface area contributed by atoms with Crippen molar-refractivity contribution in [3.05, 3.63) is 60.2 Å². The second-order valence-electron chi connectivity index (χ2n) is 4.18. The molecule has 20 heavy (non-hydrogen) atoms. The predicted octanol–water partition coefficient (Wildman–Crippen LogP) is 1.44. The average molecular weight is 291 g/mol. The summed E-state index contributed by atoms with van der Waals surface area (Å²) in [4.78, 5) is 11.7. The molecule has 6 heteroatoms. The van der Waals surface area contributed by atoms with Gasteiger partial charge >= 0.3 is 0 Å². The number of carbonyl (C=O) groups is 1. The first-order valence-corrected chi connectivity index (χ1v) is 7.34. The largest absolute Gasteiger partial charge is 0.508 e. The Morgan fingerprint density at radius 2 is 1.60 bits per heavy atom. The summed E-state index contributed by atoms with van der Waals surface area (Å²) < 4.78 is 25.9. The van der Waals surface area contributed by atoms with Crippen molar-refractivity contribution in [2.45, 2.75) is 11.3 Å². The molecule has 2 N–H and O–H groups in total. The third-order valence-corrected chi connectivity index (χ3v) is 3.99. The second kappa shape index (κ2) is 5.75. The van der Waals surface area contributed by atoms with E-state index in [1.54, 1.807) is 24.3 Å². The molecule has 104 valence electrons. The maximum absolute atomic E-state index is 11.9. The Bertz CT molecular complexity index is 694. The number of amides is 1. The molecule has 1 amide bonds. The first-order chi connectivity index (χ1) is 9.47. The number of hydrogen-bond donors (Lipinski definition) is 2. The third kappa shape index (κ3) is 3.58. The summed E-state index contributed by atoms with van der Waals surface area (Å²) in [5.74, 6) is -0.649. The zero-order chi connectivity index (χ0) is 14.6. The minimum absolute atomic E-state index is 0.0157. The minimum atomic E-state index is -3.91. The van der Waals surface area contributed by atoms with E-state index in [1.165, 1.54) is 24.3 Å². The minimum Gasteiger partial charge on any atom is -0.508 e. The van der Waals surface area contributed by atoms with Crippen LogP contribution in [0.15, 0.2) is 59.5 Å². The lowest BCUT2D eigenvalue weighted by Gasteiger charge is -2.07. The van der Waals surface area contributed by atoms with Gasteiger partial charge in [-0.1, -0.05) is 30.3 Å². The standard InChI is InChI=1S/C14H13NO4S/c16-12-6-8-13(9-7-12)20(18,19)15-14(17)10-11-4-2-1-3-5-11/h1-9,16H,10H2,(H,15,17). The topological polar surface area (TPSA) is 83.5 Å². The van der Waals surface area contributed by atoms with E-state index in [0.717, 1.165) is 5.56 Å². The third-order valence-electron chi connectivity index (χ3n) is 2.60. The molecule has 0 saturated carbocycles. The van der Waals surface area contributed by atoms with Gasteiger partial charge in [-0.2, -0.15) is 0 Å². The molecule has 0 fully saturated rings. The number of carbonyl (C=O) groups excluding carboxylic acids is 1. The predicted molar refractivity (Wildman–Crippen MR) is 73.6 cm³/mol. The Balaban J connectivity index is 2.08. The average Bonchev–Trinajstić information content (AvgIpc) is 2.39. The number of hydrogen-bond acceptors (Lipinski definition) is 4. The quantitative estimate of drug-likeness (QED) is 0.893. The highest BCUT2D eigenvalue weighted by Crippen LogP contribution is 2.14. The summed E-state index contributed by atoms with van der Waals surface area (Å²) in [7, 11) is -3.91. The summed E-state index contributed by atoms with van der Waals surface area (Å²) >= 11 is 0. The first kappa shape index (κ1) is 14.1. The van der Waals surface area contributed by atoms with Crippen molar-refractivity contribution in [1.29, 1.82) is 0 Å². The number of rotatable bonds is 4. The normalized spacial score (nSPS) is 11.0. The molecule has 0 atom stereocenters. The summed E-state index contributed by atoms with van der Waals surface area (Å²) in [6.07, 6.45) is -0.0157. The highest BCUT2D eigenvalue weighted by Gasteiger charge is 2.17. The van der Waals surface area contributed by atoms with Gasteiger partial charge in [0.05, 0.1) is 11.3 Å². The van der Waals surface area contributed by atoms with Crippen molar-refractivity contribution in [2.24, 2.45) is 0 Å². The molecule has 0 spiro atoms. The molecule has 0 bridgehead atoms. The van der Waals surface area contributed by atoms with Crippen LogP contribution in [-0.4, -0.2) is 19.4 Å². The number of sulfonamides is 1. The van der Waals surface area contributed by atoms with Gasteiger partial charge in [0.1, 0.15) is 5.75 Å². The van der Waals surface area contributed by atoms with Gasteiger partial charge in [0, 0.05) is 0 Å². The maximum atomic E-state index is 11.9. The SMILES string of the molecule is O=C(Cc1ccccc1)NS(=O)(=O)c1ccc(O)cc1. The van der Waals surface area contributed by atoms with Crippen LogP contribution in [0.3, 0.4) is 0 Å². The molecule has 0 aromatic heterocycles. The van der Waals surface area contributed by atoms with E-state index >= 15 is 0 Å². The Hall–Kier alpha value is -2.34. The molecular formula is C14H13NO4S. The van der Waals surface area contributed by atoms with E-state index in [0.29, 0.717) is 0 Å². The Morgan fingerprint density at radius 3 is 2.20 bits per heavy atom. The molecule has 0 saturated heterocycles. The molecule has 0 aliphatic rings. The van der Waals surface area contributed by atoms with Gasteiger partial charge in [-0.3, -0.25) is 4.79 Å². The number of nitrogens with one attached hydrogen (secondary N) is 1. The van der Waals surface area contributed by atoms with Crippen LogP contribution >= 0.6 is 0 Å². The lowest BCUT2D eigenvalue weighted by atomic mass is 10.1. The summed E-state index contributed by atoms with van der Waals surface area (Å²) in [6.45, 7) is 0. The lowest BCUT2D eigenvalue weighted by Crippen LogP contribution is -2.31. The van der Waals surface area contributed by atoms with E-state index < -0.39 is 15.9 Å². The van der Waals surface area contributed by atoms with Gasteiger partial charge in [-0.15, -0.1) is 0 Å². The van der Waals surface area contributed by atoms with Gasteiger partial charge in [0.2, 0.25) is 5.91 Å². The number of benzene rings is 2. The number of phenolic OH excluding ortho intramolecular Hbond substituents is 1. The fourth-order valence-electron chi connectivity index (χ4n) is 1.65. The smallest absolute Gasteiger partial charge is 0.264 e. The highest BCUT2D eigenvalue weighted by atomic mass is 32.2. The molecule has 0 aliphatic heterocycles. The number of phenols is 1. The van der Waals surface area contributed by atoms with Crippen molar-refractivity contribution in [1.82, 2.24) is 4.72 Å². The molecule has 0 heterocycles. The molecule has 2 rings (SSSR count). The zero-order valence-electron chi connectivity index (χ0n) is 10.5. The van der Waals surface area contributed by atoms with Crippen molar-refractivity contribution >= 4 is 15.9 Å². The van der Waals surface area contributed by atoms with Crippen LogP contribution in [0.2, 0.25) is 0 Å². The van der Waals surface area contributed by atoms with Gasteiger partial charge in [0.15, 0.2) is 0 Å². The van der Waals surface area contributed by atoms with Crippen LogP contribution in [0.25, 0.3) is 0 Å². The maximum Gasteiger partial charge on any atom is 0.264 e. The molecule has 0 aliphatic carbocycles. The fourth-order valence-corrected chi connectivity index (χ4v) is 2.64. The van der Waals surface area contributed by atoms with Crippen LogP contribution in [0.1, 0.15) is 5.56 Å². The molecule has 2 aromatic rings. The van der Waals surface area contributed by atoms with Gasteiger partial charge in [-0.05, 0) is 29.8 Å². The van der Waals surface area contributed by atoms with Crippen molar-refractivity contribution in [3.63, 3.8) is 0 Å². The lowest BCUT2D eigenvalue weighted by molar-refractivity contribution is -0.118. The summed E-state index contributed by atoms with van der Waals surface area (Å²) in [5.41, 5.74) is 0.728. The van der Waals surface area contributed by atoms with Crippen molar-refractivity contribution < 1.29 is 18.3 Å². The van der Waals surface area contributed by atoms with Crippen LogP contribution in [0, 0.1) is 0 Å². The Morgan fingerprint density at radius 1 is 1.00 bits per heavy atom. The molecule has 2 aromatic carbocycles. The van der Waals surface area contributed by atoms with Crippen molar-refractivity contribution in [2.75, 3.05) is 0 Å². The van der Waals surface area contributed by atoms with E-state index in [1.807, 2.05) is 10.8 Å². The van der Waals surface area contributed by atoms with E-state index in [4.69, 9.17) is 5.11 Å². The Kier molecular flexibility index (Phi) is 4.05. The molecule has 0 radical (unpaired) electrons. The molecular weight excluding hydrogens is 278 g/mol. The van der Waals surface area contributed by atoms with Crippen LogP contribution in [-0.2, 0) is 21.2 Å². The van der Waals surface area contributed by atoms with Crippen LogP contribution < -0.4 is 4.72 Å². The number of aromatic hydroxyl groups is 1. The van der Waals surface area contributed by atoms with Crippen LogP contribution in [0.5, 0.6) is 5.75 Å². The molecule has 0 unspecified atom stereocenters. The summed E-state index contributed by atoms with van der Waals surface area (Å²) in [6, 6.07) is 13.8. The van der Waals surface area contributed by atoms with Crippen molar-refractivity contribution in [3.8, 4) is 5.75 Å². The van der Waals surface area contributed by atoms with Gasteiger partial charge < -0.3 is 5.11 Å². The van der Waals surface area contributed by atoms with E-state index in [9.17, 15) is 13.2 Å². The monoisotopic (exact) mass is 291 g/mol. The fraction of sp³-hybridized carbons (Fsp3) is 0.0714. The van der Waals surface area contributed by atoms with Crippen LogP contribution in [0.4, 0.5) is 0 Å². The zero-order valence-corrected chi connectivity index (χ0v) is 11.3. The Labute approximate surface area is 116 Å². The highest BCUT2D eigenvalue weighted by molar-refractivity contribution is 7.90. The van der Waals surface area contributed by atoms with Gasteiger partial charge in [0.25, 0.3) is 10.0 Å². The van der Waals surface area contributed by atoms with E-state index in [2.05, 4.69) is 0 Å². The summed E-state index contributed by atoms with van der Waals surface area (Å²) in [5, 5.41) is 9.12. The van der Waals surface area contributed by atoms with E-state index in [-0.39, 0.29) is 17.1 Å². The second-order valence-corrected chi connectivity index (χ2v) is 5.87. The first-order valence-electron chi connectivity index (χ1n) is 5.86. The van der Waals surface area contributed by atoms with Gasteiger partial charge in [-0.25, -0.2) is 13.1 Å². The molecule has 5 nitrogen and oxygen atoms in total.